The van der Waals surface area contributed by atoms with E-state index in [0.29, 0.717) is 0 Å². The van der Waals surface area contributed by atoms with Crippen LogP contribution in [0.4, 0.5) is 0 Å². The van der Waals surface area contributed by atoms with E-state index in [0.717, 1.165) is 23.3 Å². The zero-order valence-electron chi connectivity index (χ0n) is 8.62. The fraction of sp³-hybridized carbons (Fsp3) is 0.167. The summed E-state index contributed by atoms with van der Waals surface area (Å²) in [6.45, 7) is 1.61. The lowest BCUT2D eigenvalue weighted by molar-refractivity contribution is -0.00000346. The van der Waals surface area contributed by atoms with Gasteiger partial charge < -0.3 is 22.1 Å². The first-order chi connectivity index (χ1) is 7.34. The average molecular weight is 302 g/mol. The van der Waals surface area contributed by atoms with Gasteiger partial charge >= 0.3 is 0 Å². The fourth-order valence-electron chi connectivity index (χ4n) is 1.39. The molecule has 2 aromatic rings. The molecule has 0 aliphatic rings. The van der Waals surface area contributed by atoms with Gasteiger partial charge in [0.15, 0.2) is 0 Å². The quantitative estimate of drug-likeness (QED) is 0.881. The van der Waals surface area contributed by atoms with E-state index in [4.69, 9.17) is 4.42 Å². The third kappa shape index (κ3) is 4.00. The molecule has 1 heterocycles. The standard InChI is InChI=1S/C12H12BrNO.ClH/c13-11-4-1-3-10(7-11)8-14-9-12-5-2-6-15-12;/h1-7,14H,8-9H2;1H/p-1. The number of hydrogen-bond acceptors (Lipinski definition) is 2. The molecule has 0 radical (unpaired) electrons. The second-order valence-electron chi connectivity index (χ2n) is 3.31. The predicted molar refractivity (Wildman–Crippen MR) is 63.4 cm³/mol. The Hall–Kier alpha value is -0.770. The molecule has 86 valence electrons. The highest BCUT2D eigenvalue weighted by Crippen LogP contribution is 2.11. The number of furan rings is 1. The van der Waals surface area contributed by atoms with Crippen LogP contribution in [0.15, 0.2) is 51.6 Å². The number of halogens is 2. The molecule has 1 N–H and O–H groups in total. The molecule has 0 fully saturated rings. The van der Waals surface area contributed by atoms with Crippen LogP contribution in [0.1, 0.15) is 11.3 Å². The van der Waals surface area contributed by atoms with Gasteiger partial charge in [0.1, 0.15) is 5.76 Å². The summed E-state index contributed by atoms with van der Waals surface area (Å²) >= 11 is 3.45. The SMILES string of the molecule is Brc1cccc(CNCc2ccco2)c1.[Cl-]. The molecule has 4 heteroatoms. The van der Waals surface area contributed by atoms with E-state index in [1.54, 1.807) is 6.26 Å². The molecule has 16 heavy (non-hydrogen) atoms. The Morgan fingerprint density at radius 1 is 1.12 bits per heavy atom. The van der Waals surface area contributed by atoms with Gasteiger partial charge in [-0.2, -0.15) is 0 Å². The van der Waals surface area contributed by atoms with Crippen molar-refractivity contribution in [3.63, 3.8) is 0 Å². The highest BCUT2D eigenvalue weighted by molar-refractivity contribution is 9.10. The lowest BCUT2D eigenvalue weighted by Crippen LogP contribution is -3.00. The van der Waals surface area contributed by atoms with Gasteiger partial charge in [-0.15, -0.1) is 0 Å². The van der Waals surface area contributed by atoms with Crippen LogP contribution in [-0.4, -0.2) is 0 Å². The van der Waals surface area contributed by atoms with Crippen LogP contribution in [0.3, 0.4) is 0 Å². The van der Waals surface area contributed by atoms with Crippen LogP contribution in [0.2, 0.25) is 0 Å². The Balaban J connectivity index is 0.00000128. The van der Waals surface area contributed by atoms with Crippen molar-refractivity contribution in [3.8, 4) is 0 Å². The zero-order chi connectivity index (χ0) is 10.5. The smallest absolute Gasteiger partial charge is 0.117 e. The summed E-state index contributed by atoms with van der Waals surface area (Å²) in [6.07, 6.45) is 1.69. The average Bonchev–Trinajstić information content (AvgIpc) is 2.71. The van der Waals surface area contributed by atoms with Gasteiger partial charge in [0.25, 0.3) is 0 Å². The molecule has 0 atom stereocenters. The Morgan fingerprint density at radius 3 is 2.69 bits per heavy atom. The summed E-state index contributed by atoms with van der Waals surface area (Å²) in [6, 6.07) is 12.1. The summed E-state index contributed by atoms with van der Waals surface area (Å²) in [5, 5.41) is 3.32. The maximum absolute atomic E-state index is 5.22. The highest BCUT2D eigenvalue weighted by Gasteiger charge is 1.96. The number of nitrogens with one attached hydrogen (secondary N) is 1. The lowest BCUT2D eigenvalue weighted by Gasteiger charge is -2.03. The molecular weight excluding hydrogens is 289 g/mol. The van der Waals surface area contributed by atoms with Crippen molar-refractivity contribution in [2.24, 2.45) is 0 Å². The molecule has 0 saturated carbocycles. The molecule has 2 rings (SSSR count). The molecule has 1 aromatic heterocycles. The minimum atomic E-state index is 0. The summed E-state index contributed by atoms with van der Waals surface area (Å²) in [5.74, 6) is 0.963. The normalized spacial score (nSPS) is 9.81. The summed E-state index contributed by atoms with van der Waals surface area (Å²) < 4.78 is 6.33. The minimum absolute atomic E-state index is 0. The molecule has 0 aliphatic heterocycles. The first-order valence-corrected chi connectivity index (χ1v) is 5.61. The van der Waals surface area contributed by atoms with Crippen LogP contribution in [0.5, 0.6) is 0 Å². The monoisotopic (exact) mass is 300 g/mol. The van der Waals surface area contributed by atoms with E-state index in [1.165, 1.54) is 5.56 Å². The van der Waals surface area contributed by atoms with Crippen LogP contribution in [0, 0.1) is 0 Å². The molecule has 0 bridgehead atoms. The lowest BCUT2D eigenvalue weighted by atomic mass is 10.2. The minimum Gasteiger partial charge on any atom is -1.00 e. The van der Waals surface area contributed by atoms with E-state index in [9.17, 15) is 0 Å². The van der Waals surface area contributed by atoms with Crippen molar-refractivity contribution in [3.05, 3.63) is 58.5 Å². The third-order valence-electron chi connectivity index (χ3n) is 2.10. The van der Waals surface area contributed by atoms with Crippen LogP contribution in [-0.2, 0) is 13.1 Å². The van der Waals surface area contributed by atoms with E-state index < -0.39 is 0 Å². The van der Waals surface area contributed by atoms with Crippen molar-refractivity contribution in [2.75, 3.05) is 0 Å². The van der Waals surface area contributed by atoms with E-state index >= 15 is 0 Å². The Bertz CT molecular complexity index is 417. The molecule has 0 amide bonds. The Kier molecular flexibility index (Phi) is 5.60. The van der Waals surface area contributed by atoms with Crippen molar-refractivity contribution in [1.82, 2.24) is 5.32 Å². The molecule has 1 aromatic carbocycles. The van der Waals surface area contributed by atoms with Crippen LogP contribution in [0.25, 0.3) is 0 Å². The largest absolute Gasteiger partial charge is 1.00 e. The van der Waals surface area contributed by atoms with Crippen LogP contribution < -0.4 is 17.7 Å². The van der Waals surface area contributed by atoms with E-state index in [1.807, 2.05) is 24.3 Å². The van der Waals surface area contributed by atoms with Gasteiger partial charge in [0, 0.05) is 11.0 Å². The highest BCUT2D eigenvalue weighted by atomic mass is 79.9. The summed E-state index contributed by atoms with van der Waals surface area (Å²) in [7, 11) is 0. The molecule has 0 spiro atoms. The van der Waals surface area contributed by atoms with Gasteiger partial charge in [-0.25, -0.2) is 0 Å². The number of benzene rings is 1. The number of rotatable bonds is 4. The van der Waals surface area contributed by atoms with Crippen molar-refractivity contribution in [2.45, 2.75) is 13.1 Å². The van der Waals surface area contributed by atoms with Crippen LogP contribution >= 0.6 is 15.9 Å². The maximum atomic E-state index is 5.22. The molecular formula is C12H12BrClNO-. The molecule has 0 unspecified atom stereocenters. The van der Waals surface area contributed by atoms with Crippen molar-refractivity contribution >= 4 is 15.9 Å². The van der Waals surface area contributed by atoms with E-state index in [-0.39, 0.29) is 12.4 Å². The van der Waals surface area contributed by atoms with Gasteiger partial charge in [-0.1, -0.05) is 28.1 Å². The summed E-state index contributed by atoms with van der Waals surface area (Å²) in [4.78, 5) is 0. The van der Waals surface area contributed by atoms with Crippen molar-refractivity contribution < 1.29 is 16.8 Å². The first-order valence-electron chi connectivity index (χ1n) is 4.82. The second-order valence-corrected chi connectivity index (χ2v) is 4.23. The topological polar surface area (TPSA) is 25.2 Å². The molecule has 0 aliphatic carbocycles. The first kappa shape index (κ1) is 13.3. The van der Waals surface area contributed by atoms with Crippen molar-refractivity contribution in [1.29, 1.82) is 0 Å². The van der Waals surface area contributed by atoms with Gasteiger partial charge in [-0.3, -0.25) is 0 Å². The maximum Gasteiger partial charge on any atom is 0.117 e. The third-order valence-corrected chi connectivity index (χ3v) is 2.59. The Labute approximate surface area is 110 Å². The fourth-order valence-corrected chi connectivity index (χ4v) is 1.84. The van der Waals surface area contributed by atoms with Gasteiger partial charge in [-0.05, 0) is 29.8 Å². The summed E-state index contributed by atoms with van der Waals surface area (Å²) in [5.41, 5.74) is 1.26. The number of hydrogen-bond donors (Lipinski definition) is 1. The molecule has 0 saturated heterocycles. The zero-order valence-corrected chi connectivity index (χ0v) is 11.0. The van der Waals surface area contributed by atoms with E-state index in [2.05, 4.69) is 33.4 Å². The second kappa shape index (κ2) is 6.74. The Morgan fingerprint density at radius 2 is 2.00 bits per heavy atom. The molecule has 2 nitrogen and oxygen atoms in total. The predicted octanol–water partition coefficient (Wildman–Crippen LogP) is 0.336. The van der Waals surface area contributed by atoms with Gasteiger partial charge in [0.05, 0.1) is 12.8 Å². The van der Waals surface area contributed by atoms with Gasteiger partial charge in [0.2, 0.25) is 0 Å².